The summed E-state index contributed by atoms with van der Waals surface area (Å²) in [6.45, 7) is -0.0487. The van der Waals surface area contributed by atoms with Crippen molar-refractivity contribution in [2.45, 2.75) is 25.3 Å². The van der Waals surface area contributed by atoms with Crippen LogP contribution in [0.2, 0.25) is 0 Å². The Bertz CT molecular complexity index is 851. The third-order valence-electron chi connectivity index (χ3n) is 4.24. The number of hydrogen-bond acceptors (Lipinski definition) is 4. The molecule has 2 amide bonds. The number of carbonyl (C=O) groups is 3. The van der Waals surface area contributed by atoms with Crippen molar-refractivity contribution >= 4 is 23.5 Å². The maximum absolute atomic E-state index is 12.6. The van der Waals surface area contributed by atoms with Crippen LogP contribution in [-0.4, -0.2) is 35.5 Å². The fourth-order valence-electron chi connectivity index (χ4n) is 2.91. The Labute approximate surface area is 156 Å². The van der Waals surface area contributed by atoms with E-state index in [0.29, 0.717) is 29.8 Å². The van der Waals surface area contributed by atoms with Crippen LogP contribution < -0.4 is 15.4 Å². The molecule has 1 unspecified atom stereocenters. The van der Waals surface area contributed by atoms with Crippen molar-refractivity contribution in [1.82, 2.24) is 5.32 Å². The fourth-order valence-corrected chi connectivity index (χ4v) is 2.91. The zero-order chi connectivity index (χ0) is 19.2. The minimum Gasteiger partial charge on any atom is -0.482 e. The molecule has 7 heteroatoms. The van der Waals surface area contributed by atoms with E-state index in [1.54, 1.807) is 18.2 Å². The lowest BCUT2D eigenvalue weighted by Crippen LogP contribution is -2.37. The van der Waals surface area contributed by atoms with Crippen molar-refractivity contribution in [3.63, 3.8) is 0 Å². The molecule has 0 aromatic heterocycles. The molecule has 0 saturated carbocycles. The molecule has 140 valence electrons. The first-order chi connectivity index (χ1) is 13.0. The van der Waals surface area contributed by atoms with E-state index in [9.17, 15) is 14.4 Å². The van der Waals surface area contributed by atoms with Crippen LogP contribution in [0.4, 0.5) is 5.69 Å². The molecule has 0 fully saturated rings. The Morgan fingerprint density at radius 1 is 1.19 bits per heavy atom. The highest BCUT2D eigenvalue weighted by Crippen LogP contribution is 2.28. The topological polar surface area (TPSA) is 105 Å². The Hall–Kier alpha value is -3.35. The van der Waals surface area contributed by atoms with Crippen LogP contribution in [0, 0.1) is 0 Å². The van der Waals surface area contributed by atoms with Crippen molar-refractivity contribution in [2.75, 3.05) is 11.9 Å². The molecule has 0 bridgehead atoms. The number of aliphatic carboxylic acids is 1. The van der Waals surface area contributed by atoms with E-state index in [1.165, 1.54) is 0 Å². The normalized spacial score (nSPS) is 13.7. The predicted octanol–water partition coefficient (Wildman–Crippen LogP) is 2.22. The Balaban J connectivity index is 1.72. The van der Waals surface area contributed by atoms with Gasteiger partial charge in [-0.1, -0.05) is 30.3 Å². The first-order valence-electron chi connectivity index (χ1n) is 8.64. The molecule has 2 aromatic rings. The second-order valence-corrected chi connectivity index (χ2v) is 6.34. The monoisotopic (exact) mass is 368 g/mol. The molecule has 0 radical (unpaired) electrons. The molecule has 0 aliphatic carbocycles. The molecule has 1 aliphatic heterocycles. The lowest BCUT2D eigenvalue weighted by atomic mass is 10.0. The van der Waals surface area contributed by atoms with Crippen molar-refractivity contribution in [1.29, 1.82) is 0 Å². The molecule has 27 heavy (non-hydrogen) atoms. The van der Waals surface area contributed by atoms with Gasteiger partial charge in [0.25, 0.3) is 11.8 Å². The van der Waals surface area contributed by atoms with E-state index >= 15 is 0 Å². The highest BCUT2D eigenvalue weighted by Gasteiger charge is 2.20. The third kappa shape index (κ3) is 5.07. The Morgan fingerprint density at radius 2 is 1.96 bits per heavy atom. The first-order valence-corrected chi connectivity index (χ1v) is 8.64. The number of carboxylic acids is 1. The van der Waals surface area contributed by atoms with Gasteiger partial charge in [-0.2, -0.15) is 0 Å². The molecule has 0 saturated heterocycles. The summed E-state index contributed by atoms with van der Waals surface area (Å²) in [5.74, 6) is -0.999. The number of rotatable bonds is 7. The summed E-state index contributed by atoms with van der Waals surface area (Å²) in [6.07, 6.45) is 0.817. The quantitative estimate of drug-likeness (QED) is 0.695. The van der Waals surface area contributed by atoms with E-state index in [4.69, 9.17) is 9.84 Å². The van der Waals surface area contributed by atoms with E-state index in [2.05, 4.69) is 10.6 Å². The van der Waals surface area contributed by atoms with Gasteiger partial charge in [0.05, 0.1) is 5.69 Å². The average molecular weight is 368 g/mol. The lowest BCUT2D eigenvalue weighted by molar-refractivity contribution is -0.137. The van der Waals surface area contributed by atoms with Crippen LogP contribution >= 0.6 is 0 Å². The summed E-state index contributed by atoms with van der Waals surface area (Å²) in [5, 5.41) is 14.5. The summed E-state index contributed by atoms with van der Waals surface area (Å²) < 4.78 is 5.29. The van der Waals surface area contributed by atoms with Crippen LogP contribution in [0.3, 0.4) is 0 Å². The smallest absolute Gasteiger partial charge is 0.303 e. The molecule has 7 nitrogen and oxygen atoms in total. The minimum atomic E-state index is -0.907. The van der Waals surface area contributed by atoms with Gasteiger partial charge in [-0.3, -0.25) is 14.4 Å². The van der Waals surface area contributed by atoms with E-state index in [0.717, 1.165) is 5.56 Å². The van der Waals surface area contributed by atoms with Gasteiger partial charge in [0.1, 0.15) is 5.75 Å². The summed E-state index contributed by atoms with van der Waals surface area (Å²) in [4.78, 5) is 35.0. The maximum Gasteiger partial charge on any atom is 0.303 e. The summed E-state index contributed by atoms with van der Waals surface area (Å²) in [5.41, 5.74) is 1.83. The van der Waals surface area contributed by atoms with Gasteiger partial charge in [0.2, 0.25) is 0 Å². The van der Waals surface area contributed by atoms with Crippen LogP contribution in [0.25, 0.3) is 0 Å². The van der Waals surface area contributed by atoms with Crippen LogP contribution in [-0.2, 0) is 16.0 Å². The number of fused-ring (bicyclic) bond motifs is 1. The third-order valence-corrected chi connectivity index (χ3v) is 4.24. The number of nitrogens with one attached hydrogen (secondary N) is 2. The molecular weight excluding hydrogens is 348 g/mol. The fraction of sp³-hybridized carbons (Fsp3) is 0.250. The summed E-state index contributed by atoms with van der Waals surface area (Å²) in [7, 11) is 0. The number of benzene rings is 2. The largest absolute Gasteiger partial charge is 0.482 e. The molecule has 1 aliphatic rings. The highest BCUT2D eigenvalue weighted by atomic mass is 16.5. The van der Waals surface area contributed by atoms with Gasteiger partial charge in [0, 0.05) is 18.0 Å². The molecule has 2 aromatic carbocycles. The second-order valence-electron chi connectivity index (χ2n) is 6.34. The standard InChI is InChI=1S/C20H20N2O5/c23-18-12-27-17-8-6-14(11-16(17)22-18)20(26)21-15(7-9-19(24)25)10-13-4-2-1-3-5-13/h1-6,8,11,15H,7,9-10,12H2,(H,21,26)(H,22,23)(H,24,25). The van der Waals surface area contributed by atoms with Crippen LogP contribution in [0.1, 0.15) is 28.8 Å². The Kier molecular flexibility index (Phi) is 5.71. The molecule has 1 atom stereocenters. The predicted molar refractivity (Wildman–Crippen MR) is 98.8 cm³/mol. The van der Waals surface area contributed by atoms with Gasteiger partial charge in [0.15, 0.2) is 6.61 Å². The van der Waals surface area contributed by atoms with Gasteiger partial charge < -0.3 is 20.5 Å². The van der Waals surface area contributed by atoms with Gasteiger partial charge in [-0.25, -0.2) is 0 Å². The van der Waals surface area contributed by atoms with Gasteiger partial charge in [-0.05, 0) is 36.6 Å². The number of anilines is 1. The number of amides is 2. The van der Waals surface area contributed by atoms with Crippen LogP contribution in [0.15, 0.2) is 48.5 Å². The SMILES string of the molecule is O=C(O)CCC(Cc1ccccc1)NC(=O)c1ccc2c(c1)NC(=O)CO2. The molecule has 0 spiro atoms. The minimum absolute atomic E-state index is 0.0358. The lowest BCUT2D eigenvalue weighted by Gasteiger charge is -2.20. The number of carbonyl (C=O) groups excluding carboxylic acids is 2. The van der Waals surface area contributed by atoms with E-state index < -0.39 is 5.97 Å². The van der Waals surface area contributed by atoms with Crippen molar-refractivity contribution in [3.8, 4) is 5.75 Å². The maximum atomic E-state index is 12.6. The zero-order valence-corrected chi connectivity index (χ0v) is 14.6. The van der Waals surface area contributed by atoms with Gasteiger partial charge >= 0.3 is 5.97 Å². The molecule has 3 N–H and O–H groups in total. The summed E-state index contributed by atoms with van der Waals surface area (Å²) >= 11 is 0. The van der Waals surface area contributed by atoms with E-state index in [-0.39, 0.29) is 30.9 Å². The van der Waals surface area contributed by atoms with Crippen molar-refractivity contribution < 1.29 is 24.2 Å². The molecule has 1 heterocycles. The first kappa shape index (κ1) is 18.4. The zero-order valence-electron chi connectivity index (χ0n) is 14.6. The van der Waals surface area contributed by atoms with E-state index in [1.807, 2.05) is 30.3 Å². The molecule has 3 rings (SSSR count). The number of hydrogen-bond donors (Lipinski definition) is 3. The molecular formula is C20H20N2O5. The van der Waals surface area contributed by atoms with Crippen molar-refractivity contribution in [3.05, 3.63) is 59.7 Å². The van der Waals surface area contributed by atoms with Crippen LogP contribution in [0.5, 0.6) is 5.75 Å². The Morgan fingerprint density at radius 3 is 2.70 bits per heavy atom. The summed E-state index contributed by atoms with van der Waals surface area (Å²) in [6, 6.07) is 14.1. The second kappa shape index (κ2) is 8.35. The number of carboxylic acid groups (broad SMARTS) is 1. The number of ether oxygens (including phenoxy) is 1. The van der Waals surface area contributed by atoms with Gasteiger partial charge in [-0.15, -0.1) is 0 Å². The van der Waals surface area contributed by atoms with Crippen molar-refractivity contribution in [2.24, 2.45) is 0 Å². The average Bonchev–Trinajstić information content (AvgIpc) is 2.66. The highest BCUT2D eigenvalue weighted by molar-refractivity contribution is 6.00.